The van der Waals surface area contributed by atoms with E-state index in [-0.39, 0.29) is 29.8 Å². The number of hydrogen-bond acceptors (Lipinski definition) is 5. The zero-order valence-corrected chi connectivity index (χ0v) is 19.4. The van der Waals surface area contributed by atoms with Crippen molar-refractivity contribution >= 4 is 22.9 Å². The predicted octanol–water partition coefficient (Wildman–Crippen LogP) is 3.71. The number of aryl methyl sites for hydroxylation is 2. The molecule has 1 aliphatic heterocycles. The third kappa shape index (κ3) is 4.10. The van der Waals surface area contributed by atoms with Crippen LogP contribution in [0.3, 0.4) is 0 Å². The van der Waals surface area contributed by atoms with E-state index in [2.05, 4.69) is 10.3 Å². The molecule has 7 nitrogen and oxygen atoms in total. The third-order valence-electron chi connectivity index (χ3n) is 6.22. The Kier molecular flexibility index (Phi) is 4.98. The quantitative estimate of drug-likeness (QED) is 0.812. The Morgan fingerprint density at radius 1 is 1.06 bits per heavy atom. The molecule has 0 radical (unpaired) electrons. The molecule has 166 valence electrons. The Bertz CT molecular complexity index is 1040. The Hall–Kier alpha value is -2.70. The standard InChI is InChI=1S/C24H32N4O3/c1-13-9-8-10-15-19(13)25-14(2)26-20(15)24(6,7)27-21(29)18-16-11-28(12-17(16)18)22(30)31-23(3,4)5/h8-10,16-18H,11-12H2,1-7H3,(H,27,29)/t16-,17+,18+. The average molecular weight is 425 g/mol. The highest BCUT2D eigenvalue weighted by Gasteiger charge is 2.61. The molecule has 0 bridgehead atoms. The SMILES string of the molecule is Cc1nc(C(C)(C)NC(=O)[C@H]2[C@@H]3CN(C(=O)OC(C)(C)C)C[C@@H]32)c2cccc(C)c2n1. The molecule has 31 heavy (non-hydrogen) atoms. The molecule has 2 aliphatic rings. The first-order chi connectivity index (χ1) is 14.4. The molecule has 2 heterocycles. The monoisotopic (exact) mass is 424 g/mol. The van der Waals surface area contributed by atoms with Crippen molar-refractivity contribution < 1.29 is 14.3 Å². The smallest absolute Gasteiger partial charge is 0.410 e. The van der Waals surface area contributed by atoms with E-state index in [4.69, 9.17) is 9.72 Å². The highest BCUT2D eigenvalue weighted by atomic mass is 16.6. The summed E-state index contributed by atoms with van der Waals surface area (Å²) in [4.78, 5) is 36.4. The van der Waals surface area contributed by atoms with Crippen molar-refractivity contribution in [2.24, 2.45) is 17.8 Å². The summed E-state index contributed by atoms with van der Waals surface area (Å²) in [6, 6.07) is 6.04. The number of nitrogens with one attached hydrogen (secondary N) is 1. The van der Waals surface area contributed by atoms with Crippen molar-refractivity contribution in [3.05, 3.63) is 35.3 Å². The molecule has 3 atom stereocenters. The molecular formula is C24H32N4O3. The van der Waals surface area contributed by atoms with Crippen molar-refractivity contribution in [3.8, 4) is 0 Å². The number of fused-ring (bicyclic) bond motifs is 2. The number of carbonyl (C=O) groups excluding carboxylic acids is 2. The molecule has 1 N–H and O–H groups in total. The number of ether oxygens (including phenoxy) is 1. The number of rotatable bonds is 3. The molecule has 4 rings (SSSR count). The fourth-order valence-corrected chi connectivity index (χ4v) is 4.73. The number of aromatic nitrogens is 2. The fourth-order valence-electron chi connectivity index (χ4n) is 4.73. The number of nitrogens with zero attached hydrogens (tertiary/aromatic N) is 3. The van der Waals surface area contributed by atoms with E-state index in [9.17, 15) is 9.59 Å². The van der Waals surface area contributed by atoms with Crippen LogP contribution in [0.2, 0.25) is 0 Å². The lowest BCUT2D eigenvalue weighted by Gasteiger charge is -2.29. The van der Waals surface area contributed by atoms with Gasteiger partial charge in [0.1, 0.15) is 11.4 Å². The molecule has 1 saturated heterocycles. The third-order valence-corrected chi connectivity index (χ3v) is 6.22. The molecule has 1 aromatic carbocycles. The van der Waals surface area contributed by atoms with Crippen LogP contribution >= 0.6 is 0 Å². The first kappa shape index (κ1) is 21.5. The largest absolute Gasteiger partial charge is 0.444 e. The molecule has 1 aliphatic carbocycles. The molecule has 2 amide bonds. The summed E-state index contributed by atoms with van der Waals surface area (Å²) in [5, 5.41) is 4.18. The van der Waals surface area contributed by atoms with E-state index in [1.807, 2.05) is 66.7 Å². The van der Waals surface area contributed by atoms with Gasteiger partial charge in [0.25, 0.3) is 0 Å². The van der Waals surface area contributed by atoms with Gasteiger partial charge in [0, 0.05) is 24.4 Å². The molecule has 0 unspecified atom stereocenters. The van der Waals surface area contributed by atoms with E-state index < -0.39 is 11.1 Å². The van der Waals surface area contributed by atoms with Gasteiger partial charge in [-0.15, -0.1) is 0 Å². The Balaban J connectivity index is 1.46. The topological polar surface area (TPSA) is 84.4 Å². The zero-order valence-electron chi connectivity index (χ0n) is 19.4. The van der Waals surface area contributed by atoms with Gasteiger partial charge in [-0.3, -0.25) is 4.79 Å². The Labute approximate surface area is 183 Å². The summed E-state index contributed by atoms with van der Waals surface area (Å²) >= 11 is 0. The number of piperidine rings is 1. The van der Waals surface area contributed by atoms with Crippen LogP contribution in [0.15, 0.2) is 18.2 Å². The molecule has 1 aromatic heterocycles. The molecule has 1 saturated carbocycles. The van der Waals surface area contributed by atoms with Crippen LogP contribution in [-0.4, -0.2) is 45.6 Å². The summed E-state index contributed by atoms with van der Waals surface area (Å²) in [5.41, 5.74) is 1.68. The maximum absolute atomic E-state index is 13.1. The highest BCUT2D eigenvalue weighted by molar-refractivity contribution is 5.87. The summed E-state index contributed by atoms with van der Waals surface area (Å²) in [5.74, 6) is 1.06. The van der Waals surface area contributed by atoms with Gasteiger partial charge >= 0.3 is 6.09 Å². The van der Waals surface area contributed by atoms with Gasteiger partial charge < -0.3 is 15.0 Å². The van der Waals surface area contributed by atoms with Crippen molar-refractivity contribution in [1.82, 2.24) is 20.2 Å². The minimum atomic E-state index is -0.640. The van der Waals surface area contributed by atoms with Gasteiger partial charge in [0.2, 0.25) is 5.91 Å². The van der Waals surface area contributed by atoms with Crippen LogP contribution in [0, 0.1) is 31.6 Å². The Morgan fingerprint density at radius 3 is 2.32 bits per heavy atom. The second-order valence-electron chi connectivity index (χ2n) is 10.4. The number of carbonyl (C=O) groups is 2. The first-order valence-electron chi connectivity index (χ1n) is 10.9. The van der Waals surface area contributed by atoms with E-state index in [0.29, 0.717) is 18.9 Å². The molecule has 0 spiro atoms. The number of likely N-dealkylation sites (tertiary alicyclic amines) is 1. The lowest BCUT2D eigenvalue weighted by Crippen LogP contribution is -2.44. The van der Waals surface area contributed by atoms with Gasteiger partial charge in [-0.1, -0.05) is 18.2 Å². The van der Waals surface area contributed by atoms with Crippen LogP contribution in [0.25, 0.3) is 10.9 Å². The van der Waals surface area contributed by atoms with Crippen molar-refractivity contribution in [1.29, 1.82) is 0 Å². The molecular weight excluding hydrogens is 392 g/mol. The predicted molar refractivity (Wildman–Crippen MR) is 118 cm³/mol. The minimum Gasteiger partial charge on any atom is -0.444 e. The fraction of sp³-hybridized carbons (Fsp3) is 0.583. The highest BCUT2D eigenvalue weighted by Crippen LogP contribution is 2.52. The van der Waals surface area contributed by atoms with Gasteiger partial charge in [-0.05, 0) is 65.9 Å². The molecule has 2 aromatic rings. The van der Waals surface area contributed by atoms with Crippen LogP contribution in [0.4, 0.5) is 4.79 Å². The van der Waals surface area contributed by atoms with Crippen LogP contribution in [0.1, 0.15) is 51.7 Å². The summed E-state index contributed by atoms with van der Waals surface area (Å²) in [6.45, 7) is 14.6. The van der Waals surface area contributed by atoms with E-state index in [1.54, 1.807) is 4.90 Å². The second-order valence-corrected chi connectivity index (χ2v) is 10.4. The van der Waals surface area contributed by atoms with Crippen molar-refractivity contribution in [2.75, 3.05) is 13.1 Å². The van der Waals surface area contributed by atoms with Crippen LogP contribution in [0.5, 0.6) is 0 Å². The van der Waals surface area contributed by atoms with E-state index >= 15 is 0 Å². The molecule has 7 heteroatoms. The number of amides is 2. The Morgan fingerprint density at radius 2 is 1.71 bits per heavy atom. The second kappa shape index (κ2) is 7.18. The van der Waals surface area contributed by atoms with Crippen LogP contribution in [-0.2, 0) is 15.1 Å². The average Bonchev–Trinajstić information content (AvgIpc) is 3.14. The van der Waals surface area contributed by atoms with Gasteiger partial charge in [-0.2, -0.15) is 0 Å². The normalized spacial score (nSPS) is 22.9. The van der Waals surface area contributed by atoms with E-state index in [1.165, 1.54) is 0 Å². The van der Waals surface area contributed by atoms with Crippen molar-refractivity contribution in [3.63, 3.8) is 0 Å². The van der Waals surface area contributed by atoms with E-state index in [0.717, 1.165) is 22.2 Å². The maximum atomic E-state index is 13.1. The minimum absolute atomic E-state index is 0.0286. The number of para-hydroxylation sites is 1. The van der Waals surface area contributed by atoms with Gasteiger partial charge in [0.15, 0.2) is 0 Å². The zero-order chi connectivity index (χ0) is 22.7. The lowest BCUT2D eigenvalue weighted by molar-refractivity contribution is -0.125. The van der Waals surface area contributed by atoms with Gasteiger partial charge in [-0.25, -0.2) is 14.8 Å². The van der Waals surface area contributed by atoms with Crippen molar-refractivity contribution in [2.45, 2.75) is 59.6 Å². The first-order valence-corrected chi connectivity index (χ1v) is 10.9. The summed E-state index contributed by atoms with van der Waals surface area (Å²) < 4.78 is 5.46. The van der Waals surface area contributed by atoms with Crippen LogP contribution < -0.4 is 5.32 Å². The van der Waals surface area contributed by atoms with Gasteiger partial charge in [0.05, 0.1) is 16.7 Å². The number of benzene rings is 1. The number of hydrogen-bond donors (Lipinski definition) is 1. The summed E-state index contributed by atoms with van der Waals surface area (Å²) in [7, 11) is 0. The lowest BCUT2D eigenvalue weighted by atomic mass is 9.94. The summed E-state index contributed by atoms with van der Waals surface area (Å²) in [6.07, 6.45) is -0.294. The molecule has 2 fully saturated rings. The maximum Gasteiger partial charge on any atom is 0.410 e.